The van der Waals surface area contributed by atoms with Crippen molar-refractivity contribution in [1.29, 1.82) is 0 Å². The predicted molar refractivity (Wildman–Crippen MR) is 280 cm³/mol. The number of rotatable bonds is 13. The normalized spacial score (nSPS) is 20.5. The van der Waals surface area contributed by atoms with E-state index in [1.807, 2.05) is 115 Å². The van der Waals surface area contributed by atoms with Crippen molar-refractivity contribution >= 4 is 72.8 Å². The van der Waals surface area contributed by atoms with Gasteiger partial charge in [-0.1, -0.05) is 47.7 Å². The van der Waals surface area contributed by atoms with Gasteiger partial charge in [0.1, 0.15) is 11.6 Å². The van der Waals surface area contributed by atoms with Crippen molar-refractivity contribution in [3.63, 3.8) is 0 Å². The molecule has 3 aliphatic heterocycles. The molecule has 1 aliphatic carbocycles. The van der Waals surface area contributed by atoms with Gasteiger partial charge < -0.3 is 19.6 Å². The summed E-state index contributed by atoms with van der Waals surface area (Å²) >= 11 is 1.43. The van der Waals surface area contributed by atoms with Gasteiger partial charge in [0, 0.05) is 68.4 Å². The Kier molecular flexibility index (Phi) is 13.4. The fraction of sp³-hybridized carbons (Fsp3) is 0.375. The molecule has 3 aromatic heterocycles. The van der Waals surface area contributed by atoms with E-state index in [2.05, 4.69) is 25.6 Å². The number of ether oxygens (including phenoxy) is 1. The van der Waals surface area contributed by atoms with E-state index in [1.54, 1.807) is 4.68 Å². The molecule has 3 fully saturated rings. The number of nitrogens with zero attached hydrogens (tertiary/aromatic N) is 7. The van der Waals surface area contributed by atoms with Crippen LogP contribution < -0.4 is 25.2 Å². The highest BCUT2D eigenvalue weighted by Gasteiger charge is 2.33. The first-order chi connectivity index (χ1) is 35.4. The van der Waals surface area contributed by atoms with Gasteiger partial charge in [-0.3, -0.25) is 34.6 Å². The Morgan fingerprint density at radius 2 is 1.73 bits per heavy atom. The van der Waals surface area contributed by atoms with Gasteiger partial charge in [-0.15, -0.1) is 0 Å². The number of aryl methyl sites for hydroxylation is 1. The first-order valence-electron chi connectivity index (χ1n) is 25.4. The summed E-state index contributed by atoms with van der Waals surface area (Å²) < 4.78 is 25.1. The number of piperidine rings is 1. The van der Waals surface area contributed by atoms with Crippen molar-refractivity contribution in [2.45, 2.75) is 89.6 Å². The van der Waals surface area contributed by atoms with Crippen LogP contribution in [0.4, 0.5) is 21.0 Å². The van der Waals surface area contributed by atoms with Crippen LogP contribution in [-0.4, -0.2) is 98.6 Å². The molecule has 15 nitrogen and oxygen atoms in total. The maximum absolute atomic E-state index is 15.7. The third kappa shape index (κ3) is 9.87. The van der Waals surface area contributed by atoms with Crippen molar-refractivity contribution in [2.24, 2.45) is 13.0 Å². The van der Waals surface area contributed by atoms with E-state index in [-0.39, 0.29) is 42.5 Å². The zero-order valence-corrected chi connectivity index (χ0v) is 41.8. The van der Waals surface area contributed by atoms with Gasteiger partial charge in [-0.25, -0.2) is 19.2 Å². The third-order valence-electron chi connectivity index (χ3n) is 15.4. The Labute approximate surface area is 426 Å². The third-order valence-corrected chi connectivity index (χ3v) is 16.3. The Hall–Kier alpha value is -7.24. The molecule has 1 saturated carbocycles. The molecule has 73 heavy (non-hydrogen) atoms. The SMILES string of the molecule is Cc1c(O[C@H]2CC[C@H](CCCN3CCN(c4ccc5c(C6CCC(=O)NC6=O)nn(C)c5c4)CC3F)CC2)cccc1-c1ccc(N2CCc3cccc(C(=O)Nc4nc5ccccc5s4)c3C2)nc1C(=O)O. The van der Waals surface area contributed by atoms with E-state index in [0.29, 0.717) is 79.3 Å². The quantitative estimate of drug-likeness (QED) is 0.0739. The van der Waals surface area contributed by atoms with Crippen molar-refractivity contribution in [3.8, 4) is 16.9 Å². The largest absolute Gasteiger partial charge is 0.490 e. The zero-order valence-electron chi connectivity index (χ0n) is 41.0. The summed E-state index contributed by atoms with van der Waals surface area (Å²) in [5, 5.41) is 22.0. The highest BCUT2D eigenvalue weighted by molar-refractivity contribution is 7.22. The first-order valence-corrected chi connectivity index (χ1v) is 26.2. The number of amides is 3. The number of pyridine rings is 1. The molecule has 0 radical (unpaired) electrons. The molecule has 3 amide bonds. The number of hydrogen-bond acceptors (Lipinski definition) is 12. The maximum Gasteiger partial charge on any atom is 0.355 e. The highest BCUT2D eigenvalue weighted by Crippen LogP contribution is 2.38. The van der Waals surface area contributed by atoms with Crippen LogP contribution in [-0.2, 0) is 29.6 Å². The average Bonchev–Trinajstić information content (AvgIpc) is 3.96. The lowest BCUT2D eigenvalue weighted by atomic mass is 9.84. The van der Waals surface area contributed by atoms with Crippen molar-refractivity contribution in [3.05, 3.63) is 125 Å². The van der Waals surface area contributed by atoms with Crippen LogP contribution in [0, 0.1) is 12.8 Å². The maximum atomic E-state index is 15.7. The minimum Gasteiger partial charge on any atom is -0.490 e. The van der Waals surface area contributed by atoms with Crippen LogP contribution in [0.3, 0.4) is 0 Å². The average molecular weight is 1000 g/mol. The number of hydrogen-bond donors (Lipinski definition) is 3. The lowest BCUT2D eigenvalue weighted by molar-refractivity contribution is -0.134. The molecule has 4 aromatic carbocycles. The van der Waals surface area contributed by atoms with Gasteiger partial charge in [0.25, 0.3) is 5.91 Å². The summed E-state index contributed by atoms with van der Waals surface area (Å²) in [4.78, 5) is 66.3. The number of alkyl halides is 1. The minimum atomic E-state index is -1.12. The molecule has 17 heteroatoms. The number of aromatic nitrogens is 4. The molecule has 0 bridgehead atoms. The molecular weight excluding hydrogens is 946 g/mol. The van der Waals surface area contributed by atoms with Gasteiger partial charge >= 0.3 is 5.97 Å². The van der Waals surface area contributed by atoms with Crippen LogP contribution in [0.2, 0.25) is 0 Å². The number of carboxylic acid groups (broad SMARTS) is 1. The molecule has 3 N–H and O–H groups in total. The fourth-order valence-corrected chi connectivity index (χ4v) is 12.2. The van der Waals surface area contributed by atoms with E-state index in [4.69, 9.17) is 9.72 Å². The Bertz CT molecular complexity index is 3240. The van der Waals surface area contributed by atoms with Crippen LogP contribution in [0.25, 0.3) is 32.2 Å². The molecule has 2 atom stereocenters. The standard InChI is InChI=1S/C56H58FN9O6S/c1-33-38(39-21-23-49(59-52(39)55(70)71)66-27-25-35-9-5-11-40(43(35)31-66)53(68)61-56-58-44-12-3-4-14-47(44)73-56)10-6-13-46(33)72-37-18-15-34(16-19-37)8-7-26-64-28-29-65(32-48(64)57)36-17-20-41-45(30-36)63(2)62-51(41)42-22-24-50(67)60-54(42)69/h3-6,9-14,17,20-21,23,30,34,37,42,48H,7-8,15-16,18-19,22,24-29,31-32H2,1-2H3,(H,70,71)(H,58,61,68)(H,60,67,69)/t34-,37-,42?,48?. The summed E-state index contributed by atoms with van der Waals surface area (Å²) in [6, 6.07) is 29.0. The molecule has 6 heterocycles. The zero-order chi connectivity index (χ0) is 50.3. The van der Waals surface area contributed by atoms with Crippen LogP contribution in [0.5, 0.6) is 5.75 Å². The molecule has 4 aliphatic rings. The number of imide groups is 1. The van der Waals surface area contributed by atoms with Gasteiger partial charge in [0.2, 0.25) is 11.8 Å². The van der Waals surface area contributed by atoms with E-state index in [0.717, 1.165) is 93.3 Å². The van der Waals surface area contributed by atoms with Crippen LogP contribution >= 0.6 is 11.3 Å². The fourth-order valence-electron chi connectivity index (χ4n) is 11.4. The monoisotopic (exact) mass is 1000 g/mol. The number of anilines is 3. The number of benzene rings is 4. The minimum absolute atomic E-state index is 0.0395. The summed E-state index contributed by atoms with van der Waals surface area (Å²) in [5.74, 6) is -0.589. The lowest BCUT2D eigenvalue weighted by Crippen LogP contribution is -2.51. The number of halogens is 1. The number of aromatic carboxylic acids is 1. The number of carbonyl (C=O) groups is 4. The van der Waals surface area contributed by atoms with Crippen molar-refractivity contribution in [2.75, 3.05) is 47.8 Å². The number of para-hydroxylation sites is 1. The number of piperazine rings is 1. The van der Waals surface area contributed by atoms with Crippen LogP contribution in [0.1, 0.15) is 101 Å². The summed E-state index contributed by atoms with van der Waals surface area (Å²) in [5.41, 5.74) is 7.89. The second-order valence-electron chi connectivity index (χ2n) is 19.9. The second kappa shape index (κ2) is 20.3. The molecule has 2 saturated heterocycles. The van der Waals surface area contributed by atoms with E-state index in [1.165, 1.54) is 11.3 Å². The number of nitrogens with one attached hydrogen (secondary N) is 2. The van der Waals surface area contributed by atoms with Gasteiger partial charge in [0.05, 0.1) is 40.0 Å². The first kappa shape index (κ1) is 48.1. The van der Waals surface area contributed by atoms with E-state index in [9.17, 15) is 24.3 Å². The second-order valence-corrected chi connectivity index (χ2v) is 20.9. The number of fused-ring (bicyclic) bond motifs is 3. The van der Waals surface area contributed by atoms with E-state index >= 15 is 4.39 Å². The van der Waals surface area contributed by atoms with Gasteiger partial charge in [-0.2, -0.15) is 5.10 Å². The predicted octanol–water partition coefficient (Wildman–Crippen LogP) is 9.42. The summed E-state index contributed by atoms with van der Waals surface area (Å²) in [7, 11) is 1.85. The molecule has 2 unspecified atom stereocenters. The summed E-state index contributed by atoms with van der Waals surface area (Å²) in [6.45, 7) is 5.30. The number of carbonyl (C=O) groups excluding carboxylic acids is 3. The molecule has 7 aromatic rings. The Balaban J connectivity index is 0.670. The van der Waals surface area contributed by atoms with Crippen molar-refractivity contribution < 1.29 is 33.4 Å². The Morgan fingerprint density at radius 1 is 0.890 bits per heavy atom. The topological polar surface area (TPSA) is 175 Å². The van der Waals surface area contributed by atoms with Gasteiger partial charge in [-0.05, 0) is 141 Å². The summed E-state index contributed by atoms with van der Waals surface area (Å²) in [6.07, 6.45) is 6.20. The van der Waals surface area contributed by atoms with Crippen molar-refractivity contribution in [1.82, 2.24) is 30.0 Å². The molecule has 376 valence electrons. The molecule has 0 spiro atoms. The Morgan fingerprint density at radius 3 is 2.53 bits per heavy atom. The van der Waals surface area contributed by atoms with Crippen LogP contribution in [0.15, 0.2) is 91.0 Å². The lowest BCUT2D eigenvalue weighted by Gasteiger charge is -2.39. The number of thiazole rings is 1. The van der Waals surface area contributed by atoms with E-state index < -0.39 is 18.2 Å². The smallest absolute Gasteiger partial charge is 0.355 e. The molecule has 11 rings (SSSR count). The highest BCUT2D eigenvalue weighted by atomic mass is 32.1. The van der Waals surface area contributed by atoms with Gasteiger partial charge in [0.15, 0.2) is 17.1 Å². The molecular formula is C56H58FN9O6S. The number of carboxylic acids is 1.